The molecule has 7 heteroatoms. The lowest BCUT2D eigenvalue weighted by Gasteiger charge is -2.10. The minimum absolute atomic E-state index is 0.0335. The first-order valence-electron chi connectivity index (χ1n) is 6.12. The van der Waals surface area contributed by atoms with Gasteiger partial charge in [0.2, 0.25) is 0 Å². The van der Waals surface area contributed by atoms with Crippen molar-refractivity contribution >= 4 is 34.6 Å². The Hall–Kier alpha value is -1.98. The molecule has 0 bridgehead atoms. The molecule has 0 radical (unpaired) electrons. The third-order valence-electron chi connectivity index (χ3n) is 2.66. The number of benzene rings is 2. The normalized spacial score (nSPS) is 10.2. The van der Waals surface area contributed by atoms with Crippen molar-refractivity contribution in [2.75, 3.05) is 18.5 Å². The first kappa shape index (κ1) is 15.4. The van der Waals surface area contributed by atoms with Crippen LogP contribution in [0.25, 0.3) is 0 Å². The molecule has 0 aliphatic carbocycles. The zero-order chi connectivity index (χ0) is 15.2. The van der Waals surface area contributed by atoms with Gasteiger partial charge in [-0.1, -0.05) is 23.2 Å². The lowest BCUT2D eigenvalue weighted by molar-refractivity contribution is -0.384. The first-order chi connectivity index (χ1) is 10.1. The molecule has 21 heavy (non-hydrogen) atoms. The summed E-state index contributed by atoms with van der Waals surface area (Å²) < 4.78 is 5.47. The Balaban J connectivity index is 1.81. The number of non-ortho nitro benzene ring substituents is 1. The Morgan fingerprint density at radius 3 is 2.52 bits per heavy atom. The van der Waals surface area contributed by atoms with Gasteiger partial charge in [-0.25, -0.2) is 0 Å². The maximum absolute atomic E-state index is 10.5. The number of nitro benzene ring substituents is 1. The molecular weight excluding hydrogens is 315 g/mol. The Morgan fingerprint density at radius 2 is 1.86 bits per heavy atom. The average molecular weight is 327 g/mol. The van der Waals surface area contributed by atoms with Gasteiger partial charge in [0.1, 0.15) is 12.4 Å². The lowest BCUT2D eigenvalue weighted by atomic mass is 10.3. The van der Waals surface area contributed by atoms with Crippen LogP contribution in [0, 0.1) is 10.1 Å². The molecular formula is C14H12Cl2N2O3. The molecule has 2 aromatic rings. The van der Waals surface area contributed by atoms with Crippen LogP contribution in [0.5, 0.6) is 5.75 Å². The van der Waals surface area contributed by atoms with Crippen molar-refractivity contribution in [1.82, 2.24) is 0 Å². The summed E-state index contributed by atoms with van der Waals surface area (Å²) in [5.74, 6) is 0.569. The second-order valence-electron chi connectivity index (χ2n) is 4.15. The minimum Gasteiger partial charge on any atom is -0.492 e. The van der Waals surface area contributed by atoms with E-state index in [0.717, 1.165) is 5.69 Å². The molecule has 0 spiro atoms. The average Bonchev–Trinajstić information content (AvgIpc) is 2.47. The molecule has 0 aliphatic heterocycles. The van der Waals surface area contributed by atoms with Crippen molar-refractivity contribution in [3.8, 4) is 5.75 Å². The van der Waals surface area contributed by atoms with Crippen LogP contribution in [0.3, 0.4) is 0 Å². The molecule has 0 saturated heterocycles. The summed E-state index contributed by atoms with van der Waals surface area (Å²) in [6.45, 7) is 0.914. The number of nitro groups is 1. The molecule has 0 fully saturated rings. The first-order valence-corrected chi connectivity index (χ1v) is 6.88. The third-order valence-corrected chi connectivity index (χ3v) is 3.23. The molecule has 2 aromatic carbocycles. The van der Waals surface area contributed by atoms with Gasteiger partial charge in [-0.3, -0.25) is 10.1 Å². The zero-order valence-electron chi connectivity index (χ0n) is 10.9. The quantitative estimate of drug-likeness (QED) is 0.485. The predicted molar refractivity (Wildman–Crippen MR) is 83.5 cm³/mol. The molecule has 0 unspecified atom stereocenters. The predicted octanol–water partition coefficient (Wildman–Crippen LogP) is 4.39. The van der Waals surface area contributed by atoms with Crippen LogP contribution in [-0.4, -0.2) is 18.1 Å². The second-order valence-corrected chi connectivity index (χ2v) is 4.99. The summed E-state index contributed by atoms with van der Waals surface area (Å²) in [5, 5.41) is 14.8. The van der Waals surface area contributed by atoms with Gasteiger partial charge in [0.05, 0.1) is 15.6 Å². The van der Waals surface area contributed by atoms with E-state index in [1.807, 2.05) is 0 Å². The fraction of sp³-hybridized carbons (Fsp3) is 0.143. The van der Waals surface area contributed by atoms with Crippen molar-refractivity contribution in [1.29, 1.82) is 0 Å². The lowest BCUT2D eigenvalue weighted by Crippen LogP contribution is -2.11. The molecule has 0 amide bonds. The maximum Gasteiger partial charge on any atom is 0.269 e. The smallest absolute Gasteiger partial charge is 0.269 e. The van der Waals surface area contributed by atoms with Crippen LogP contribution in [0.2, 0.25) is 10.0 Å². The number of nitrogens with zero attached hydrogens (tertiary/aromatic N) is 1. The van der Waals surface area contributed by atoms with Gasteiger partial charge in [0.15, 0.2) is 0 Å². The Bertz CT molecular complexity index is 633. The molecule has 1 N–H and O–H groups in total. The van der Waals surface area contributed by atoms with Gasteiger partial charge in [-0.2, -0.15) is 0 Å². The Kier molecular flexibility index (Phi) is 5.25. The van der Waals surface area contributed by atoms with Gasteiger partial charge in [0.25, 0.3) is 5.69 Å². The van der Waals surface area contributed by atoms with Crippen LogP contribution in [0.15, 0.2) is 42.5 Å². The van der Waals surface area contributed by atoms with Gasteiger partial charge >= 0.3 is 0 Å². The van der Waals surface area contributed by atoms with Crippen LogP contribution >= 0.6 is 23.2 Å². The zero-order valence-corrected chi connectivity index (χ0v) is 12.4. The van der Waals surface area contributed by atoms with Crippen LogP contribution in [0.1, 0.15) is 0 Å². The van der Waals surface area contributed by atoms with Crippen LogP contribution in [0.4, 0.5) is 11.4 Å². The monoisotopic (exact) mass is 326 g/mol. The highest BCUT2D eigenvalue weighted by molar-refractivity contribution is 6.35. The number of hydrogen-bond acceptors (Lipinski definition) is 4. The fourth-order valence-electron chi connectivity index (χ4n) is 1.65. The maximum atomic E-state index is 10.5. The summed E-state index contributed by atoms with van der Waals surface area (Å²) in [6, 6.07) is 11.1. The molecule has 110 valence electrons. The van der Waals surface area contributed by atoms with E-state index in [4.69, 9.17) is 27.9 Å². The standard InChI is InChI=1S/C14H12Cl2N2O3/c15-10-1-6-13(16)14(9-10)17-7-8-21-12-4-2-11(3-5-12)18(19)20/h1-6,9,17H,7-8H2. The van der Waals surface area contributed by atoms with Crippen molar-refractivity contribution in [3.63, 3.8) is 0 Å². The van der Waals surface area contributed by atoms with E-state index in [0.29, 0.717) is 28.9 Å². The van der Waals surface area contributed by atoms with E-state index >= 15 is 0 Å². The number of rotatable bonds is 6. The van der Waals surface area contributed by atoms with E-state index in [1.54, 1.807) is 30.3 Å². The van der Waals surface area contributed by atoms with Gasteiger partial charge in [-0.15, -0.1) is 0 Å². The molecule has 0 atom stereocenters. The summed E-state index contributed by atoms with van der Waals surface area (Å²) >= 11 is 11.9. The molecule has 0 saturated carbocycles. The molecule has 0 aromatic heterocycles. The second kappa shape index (κ2) is 7.15. The summed E-state index contributed by atoms with van der Waals surface area (Å²) in [5.41, 5.74) is 0.766. The largest absolute Gasteiger partial charge is 0.492 e. The number of anilines is 1. The molecule has 0 heterocycles. The Labute approximate surface area is 131 Å². The van der Waals surface area contributed by atoms with Crippen molar-refractivity contribution in [2.24, 2.45) is 0 Å². The van der Waals surface area contributed by atoms with Crippen molar-refractivity contribution in [3.05, 3.63) is 62.6 Å². The summed E-state index contributed by atoms with van der Waals surface area (Å²) in [7, 11) is 0. The minimum atomic E-state index is -0.452. The van der Waals surface area contributed by atoms with E-state index in [2.05, 4.69) is 5.32 Å². The molecule has 0 aliphatic rings. The topological polar surface area (TPSA) is 64.4 Å². The molecule has 5 nitrogen and oxygen atoms in total. The van der Waals surface area contributed by atoms with E-state index in [9.17, 15) is 10.1 Å². The van der Waals surface area contributed by atoms with E-state index < -0.39 is 4.92 Å². The summed E-state index contributed by atoms with van der Waals surface area (Å²) in [4.78, 5) is 10.1. The third kappa shape index (κ3) is 4.51. The highest BCUT2D eigenvalue weighted by Crippen LogP contribution is 2.25. The van der Waals surface area contributed by atoms with E-state index in [1.165, 1.54) is 12.1 Å². The number of ether oxygens (including phenoxy) is 1. The van der Waals surface area contributed by atoms with Crippen molar-refractivity contribution in [2.45, 2.75) is 0 Å². The Morgan fingerprint density at radius 1 is 1.14 bits per heavy atom. The number of halogens is 2. The van der Waals surface area contributed by atoms with Crippen molar-refractivity contribution < 1.29 is 9.66 Å². The van der Waals surface area contributed by atoms with Gasteiger partial charge in [-0.05, 0) is 30.3 Å². The fourth-order valence-corrected chi connectivity index (χ4v) is 2.01. The van der Waals surface area contributed by atoms with E-state index in [-0.39, 0.29) is 5.69 Å². The highest BCUT2D eigenvalue weighted by atomic mass is 35.5. The van der Waals surface area contributed by atoms with Crippen LogP contribution in [-0.2, 0) is 0 Å². The number of nitrogens with one attached hydrogen (secondary N) is 1. The molecule has 2 rings (SSSR count). The summed E-state index contributed by atoms with van der Waals surface area (Å²) in [6.07, 6.45) is 0. The highest BCUT2D eigenvalue weighted by Gasteiger charge is 2.04. The van der Waals surface area contributed by atoms with Gasteiger partial charge < -0.3 is 10.1 Å². The SMILES string of the molecule is O=[N+]([O-])c1ccc(OCCNc2cc(Cl)ccc2Cl)cc1. The van der Waals surface area contributed by atoms with Crippen LogP contribution < -0.4 is 10.1 Å². The van der Waals surface area contributed by atoms with Gasteiger partial charge in [0, 0.05) is 23.7 Å². The number of hydrogen-bond donors (Lipinski definition) is 1.